The molecule has 3 heterocycles. The fourth-order valence-corrected chi connectivity index (χ4v) is 4.87. The van der Waals surface area contributed by atoms with Gasteiger partial charge in [-0.3, -0.25) is 14.2 Å². The lowest BCUT2D eigenvalue weighted by molar-refractivity contribution is -0.135. The highest BCUT2D eigenvalue weighted by atomic mass is 32.1. The summed E-state index contributed by atoms with van der Waals surface area (Å²) in [7, 11) is 0. The predicted octanol–water partition coefficient (Wildman–Crippen LogP) is 2.27. The van der Waals surface area contributed by atoms with Gasteiger partial charge in [-0.15, -0.1) is 11.3 Å². The Kier molecular flexibility index (Phi) is 5.87. The number of benzene rings is 1. The molecule has 0 aliphatic carbocycles. The monoisotopic (exact) mass is 427 g/mol. The maximum atomic E-state index is 13.4. The Morgan fingerprint density at radius 1 is 1.13 bits per heavy atom. The first-order valence-corrected chi connectivity index (χ1v) is 11.0. The van der Waals surface area contributed by atoms with Crippen LogP contribution in [-0.2, 0) is 22.5 Å². The minimum atomic E-state index is -0.488. The molecule has 0 bridgehead atoms. The van der Waals surface area contributed by atoms with Crippen LogP contribution in [0.5, 0.6) is 0 Å². The van der Waals surface area contributed by atoms with Crippen molar-refractivity contribution in [1.29, 1.82) is 0 Å². The summed E-state index contributed by atoms with van der Waals surface area (Å²) in [5.74, 6) is 0.224. The Hall–Kier alpha value is -2.71. The number of para-hydroxylation sites is 1. The Morgan fingerprint density at radius 2 is 1.83 bits per heavy atom. The second-order valence-corrected chi connectivity index (χ2v) is 8.74. The molecule has 3 aromatic rings. The number of ether oxygens (including phenoxy) is 1. The fourth-order valence-electron chi connectivity index (χ4n) is 3.80. The van der Waals surface area contributed by atoms with Crippen molar-refractivity contribution in [3.05, 3.63) is 62.1 Å². The molecule has 158 valence electrons. The van der Waals surface area contributed by atoms with Gasteiger partial charge in [0.05, 0.1) is 24.3 Å². The summed E-state index contributed by atoms with van der Waals surface area (Å²) < 4.78 is 7.96. The first-order chi connectivity index (χ1) is 14.5. The molecule has 0 radical (unpaired) electrons. The van der Waals surface area contributed by atoms with E-state index in [9.17, 15) is 14.4 Å². The number of carbonyl (C=O) groups is 1. The largest absolute Gasteiger partial charge is 0.378 e. The quantitative estimate of drug-likeness (QED) is 0.626. The third-order valence-electron chi connectivity index (χ3n) is 5.23. The van der Waals surface area contributed by atoms with Gasteiger partial charge in [-0.2, -0.15) is 0 Å². The molecule has 0 N–H and O–H groups in total. The summed E-state index contributed by atoms with van der Waals surface area (Å²) in [6.07, 6.45) is 0.736. The van der Waals surface area contributed by atoms with Crippen LogP contribution in [0.25, 0.3) is 15.9 Å². The van der Waals surface area contributed by atoms with E-state index < -0.39 is 5.69 Å². The van der Waals surface area contributed by atoms with Gasteiger partial charge in [0.25, 0.3) is 5.56 Å². The lowest BCUT2D eigenvalue weighted by atomic mass is 10.0. The first-order valence-electron chi connectivity index (χ1n) is 10.1. The van der Waals surface area contributed by atoms with Crippen molar-refractivity contribution in [2.45, 2.75) is 26.8 Å². The van der Waals surface area contributed by atoms with Crippen LogP contribution in [-0.4, -0.2) is 46.2 Å². The number of aromatic nitrogens is 2. The number of morpholine rings is 1. The van der Waals surface area contributed by atoms with Crippen LogP contribution in [0.2, 0.25) is 0 Å². The molecule has 1 aliphatic rings. The summed E-state index contributed by atoms with van der Waals surface area (Å²) in [5, 5.41) is 2.48. The number of rotatable bonds is 5. The molecule has 1 saturated heterocycles. The van der Waals surface area contributed by atoms with E-state index in [1.165, 1.54) is 20.5 Å². The molecule has 0 atom stereocenters. The molecule has 4 rings (SSSR count). The fraction of sp³-hybridized carbons (Fsp3) is 0.409. The van der Waals surface area contributed by atoms with E-state index in [1.54, 1.807) is 29.2 Å². The van der Waals surface area contributed by atoms with Crippen molar-refractivity contribution < 1.29 is 9.53 Å². The molecule has 1 amide bonds. The van der Waals surface area contributed by atoms with Gasteiger partial charge in [-0.05, 0) is 35.4 Å². The molecule has 0 saturated carbocycles. The van der Waals surface area contributed by atoms with Crippen molar-refractivity contribution in [3.8, 4) is 5.69 Å². The summed E-state index contributed by atoms with van der Waals surface area (Å²) in [6.45, 7) is 6.11. The number of fused-ring (bicyclic) bond motifs is 1. The van der Waals surface area contributed by atoms with Crippen LogP contribution >= 0.6 is 11.3 Å². The van der Waals surface area contributed by atoms with Gasteiger partial charge in [-0.25, -0.2) is 9.36 Å². The van der Waals surface area contributed by atoms with Gasteiger partial charge < -0.3 is 9.64 Å². The van der Waals surface area contributed by atoms with Gasteiger partial charge >= 0.3 is 5.69 Å². The molecule has 30 heavy (non-hydrogen) atoms. The zero-order chi connectivity index (χ0) is 21.3. The van der Waals surface area contributed by atoms with Crippen molar-refractivity contribution >= 4 is 27.5 Å². The number of amides is 1. The van der Waals surface area contributed by atoms with Crippen molar-refractivity contribution in [3.63, 3.8) is 0 Å². The van der Waals surface area contributed by atoms with Crippen molar-refractivity contribution in [1.82, 2.24) is 14.0 Å². The summed E-state index contributed by atoms with van der Waals surface area (Å²) in [4.78, 5) is 42.0. The summed E-state index contributed by atoms with van der Waals surface area (Å²) in [6, 6.07) is 8.88. The van der Waals surface area contributed by atoms with Crippen LogP contribution in [0.1, 0.15) is 19.4 Å². The molecule has 1 aliphatic heterocycles. The SMILES string of the molecule is CC(C)Cc1csc2c1c(=O)n(-c1ccccc1)c(=O)n2CC(=O)N1CCOCC1. The Bertz CT molecular complexity index is 1170. The predicted molar refractivity (Wildman–Crippen MR) is 118 cm³/mol. The van der Waals surface area contributed by atoms with E-state index in [-0.39, 0.29) is 18.0 Å². The highest BCUT2D eigenvalue weighted by molar-refractivity contribution is 7.17. The van der Waals surface area contributed by atoms with Gasteiger partial charge in [0, 0.05) is 13.1 Å². The average molecular weight is 428 g/mol. The van der Waals surface area contributed by atoms with Gasteiger partial charge in [-0.1, -0.05) is 32.0 Å². The first kappa shape index (κ1) is 20.6. The number of hydrogen-bond acceptors (Lipinski definition) is 5. The molecule has 1 aromatic carbocycles. The van der Waals surface area contributed by atoms with Gasteiger partial charge in [0.1, 0.15) is 11.4 Å². The molecule has 0 unspecified atom stereocenters. The van der Waals surface area contributed by atoms with Crippen LogP contribution in [0.4, 0.5) is 0 Å². The van der Waals surface area contributed by atoms with E-state index in [0.717, 1.165) is 12.0 Å². The molecule has 8 heteroatoms. The molecule has 0 spiro atoms. The maximum absolute atomic E-state index is 13.4. The second kappa shape index (κ2) is 8.57. The van der Waals surface area contributed by atoms with Crippen LogP contribution in [0.15, 0.2) is 45.3 Å². The standard InChI is InChI=1S/C22H25N3O4S/c1-15(2)12-16-14-30-21-19(16)20(27)25(17-6-4-3-5-7-17)22(28)24(21)13-18(26)23-8-10-29-11-9-23/h3-7,14-15H,8-13H2,1-2H3. The normalized spacial score (nSPS) is 14.6. The number of nitrogens with zero attached hydrogens (tertiary/aromatic N) is 3. The molecule has 2 aromatic heterocycles. The Labute approximate surface area is 178 Å². The highest BCUT2D eigenvalue weighted by Crippen LogP contribution is 2.25. The van der Waals surface area contributed by atoms with Gasteiger partial charge in [0.15, 0.2) is 0 Å². The molecular formula is C22H25N3O4S. The third-order valence-corrected chi connectivity index (χ3v) is 6.28. The molecule has 7 nitrogen and oxygen atoms in total. The van der Waals surface area contributed by atoms with Crippen molar-refractivity contribution in [2.75, 3.05) is 26.3 Å². The zero-order valence-corrected chi connectivity index (χ0v) is 18.0. The van der Waals surface area contributed by atoms with E-state index in [4.69, 9.17) is 4.74 Å². The smallest absolute Gasteiger partial charge is 0.337 e. The molecule has 1 fully saturated rings. The number of carbonyl (C=O) groups excluding carboxylic acids is 1. The number of thiophene rings is 1. The van der Waals surface area contributed by atoms with E-state index >= 15 is 0 Å². The minimum Gasteiger partial charge on any atom is -0.378 e. The van der Waals surface area contributed by atoms with Crippen LogP contribution in [0, 0.1) is 5.92 Å². The topological polar surface area (TPSA) is 73.5 Å². The second-order valence-electron chi connectivity index (χ2n) is 7.88. The molecular weight excluding hydrogens is 402 g/mol. The number of hydrogen-bond donors (Lipinski definition) is 0. The third kappa shape index (κ3) is 3.85. The van der Waals surface area contributed by atoms with E-state index in [2.05, 4.69) is 13.8 Å². The maximum Gasteiger partial charge on any atom is 0.337 e. The Balaban J connectivity index is 1.90. The Morgan fingerprint density at radius 3 is 2.50 bits per heavy atom. The minimum absolute atomic E-state index is 0.0932. The lowest BCUT2D eigenvalue weighted by Crippen LogP contribution is -2.45. The van der Waals surface area contributed by atoms with Gasteiger partial charge in [0.2, 0.25) is 5.91 Å². The summed E-state index contributed by atoms with van der Waals surface area (Å²) >= 11 is 1.36. The van der Waals surface area contributed by atoms with E-state index in [1.807, 2.05) is 11.4 Å². The zero-order valence-electron chi connectivity index (χ0n) is 17.2. The summed E-state index contributed by atoms with van der Waals surface area (Å²) in [5.41, 5.74) is 0.613. The van der Waals surface area contributed by atoms with Crippen LogP contribution < -0.4 is 11.2 Å². The van der Waals surface area contributed by atoms with Crippen LogP contribution in [0.3, 0.4) is 0 Å². The lowest BCUT2D eigenvalue weighted by Gasteiger charge is -2.27. The van der Waals surface area contributed by atoms with E-state index in [0.29, 0.717) is 48.1 Å². The average Bonchev–Trinajstić information content (AvgIpc) is 3.15. The highest BCUT2D eigenvalue weighted by Gasteiger charge is 2.23. The van der Waals surface area contributed by atoms with Crippen molar-refractivity contribution in [2.24, 2.45) is 5.92 Å².